The maximum atomic E-state index is 13.3. The fraction of sp³-hybridized carbons (Fsp3) is 0.241. The van der Waals surface area contributed by atoms with Gasteiger partial charge in [0.25, 0.3) is 5.91 Å². The molecule has 0 aliphatic carbocycles. The lowest BCUT2D eigenvalue weighted by Crippen LogP contribution is -2.27. The molecule has 0 saturated carbocycles. The van der Waals surface area contributed by atoms with Gasteiger partial charge in [-0.15, -0.1) is 0 Å². The summed E-state index contributed by atoms with van der Waals surface area (Å²) in [5, 5.41) is 2.90. The van der Waals surface area contributed by atoms with Gasteiger partial charge < -0.3 is 14.5 Å². The third-order valence-corrected chi connectivity index (χ3v) is 6.02. The van der Waals surface area contributed by atoms with Gasteiger partial charge in [0, 0.05) is 13.1 Å². The first-order valence-electron chi connectivity index (χ1n) is 12.0. The highest BCUT2D eigenvalue weighted by Crippen LogP contribution is 2.30. The van der Waals surface area contributed by atoms with Crippen molar-refractivity contribution in [1.82, 2.24) is 15.2 Å². The molecule has 1 N–H and O–H groups in total. The zero-order chi connectivity index (χ0) is 27.1. The molecule has 0 bridgehead atoms. The second kappa shape index (κ2) is 12.0. The number of oxazole rings is 1. The smallest absolute Gasteiger partial charge is 0.416 e. The van der Waals surface area contributed by atoms with Gasteiger partial charge in [0.2, 0.25) is 5.89 Å². The van der Waals surface area contributed by atoms with Crippen LogP contribution in [0.25, 0.3) is 0 Å². The van der Waals surface area contributed by atoms with E-state index >= 15 is 0 Å². The normalized spacial score (nSPS) is 12.4. The zero-order valence-electron chi connectivity index (χ0n) is 21.0. The van der Waals surface area contributed by atoms with E-state index < -0.39 is 11.7 Å². The van der Waals surface area contributed by atoms with Crippen molar-refractivity contribution in [3.05, 3.63) is 119 Å². The van der Waals surface area contributed by atoms with E-state index in [9.17, 15) is 18.0 Å². The average molecular weight is 524 g/mol. The molecule has 6 nitrogen and oxygen atoms in total. The summed E-state index contributed by atoms with van der Waals surface area (Å²) in [6.07, 6.45) is -3.14. The van der Waals surface area contributed by atoms with Crippen LogP contribution >= 0.6 is 0 Å². The Kier molecular flexibility index (Phi) is 8.48. The lowest BCUT2D eigenvalue weighted by molar-refractivity contribution is -0.137. The van der Waals surface area contributed by atoms with E-state index in [4.69, 9.17) is 9.15 Å². The molecule has 4 aromatic rings. The van der Waals surface area contributed by atoms with Crippen molar-refractivity contribution >= 4 is 5.91 Å². The molecule has 0 aliphatic heterocycles. The summed E-state index contributed by atoms with van der Waals surface area (Å²) in [4.78, 5) is 19.0. The number of alkyl halides is 3. The zero-order valence-corrected chi connectivity index (χ0v) is 21.0. The topological polar surface area (TPSA) is 67.6 Å². The van der Waals surface area contributed by atoms with Gasteiger partial charge in [-0.25, -0.2) is 4.98 Å². The molecule has 198 valence electrons. The summed E-state index contributed by atoms with van der Waals surface area (Å²) >= 11 is 0. The van der Waals surface area contributed by atoms with Crippen molar-refractivity contribution in [3.63, 3.8) is 0 Å². The minimum absolute atomic E-state index is 0.131. The summed E-state index contributed by atoms with van der Waals surface area (Å²) in [6, 6.07) is 22.0. The largest absolute Gasteiger partial charge is 0.497 e. The number of rotatable bonds is 10. The van der Waals surface area contributed by atoms with Gasteiger partial charge in [0.15, 0.2) is 5.69 Å². The molecule has 1 heterocycles. The van der Waals surface area contributed by atoms with E-state index in [1.807, 2.05) is 66.4 Å². The number of nitrogens with zero attached hydrogens (tertiary/aromatic N) is 2. The van der Waals surface area contributed by atoms with E-state index in [1.165, 1.54) is 12.3 Å². The number of carbonyl (C=O) groups excluding carboxylic acids is 1. The Balaban J connectivity index is 1.50. The number of ether oxygens (including phenoxy) is 1. The summed E-state index contributed by atoms with van der Waals surface area (Å²) < 4.78 is 50.6. The van der Waals surface area contributed by atoms with Crippen LogP contribution in [0.5, 0.6) is 5.75 Å². The summed E-state index contributed by atoms with van der Waals surface area (Å²) in [5.41, 5.74) is 1.80. The quantitative estimate of drug-likeness (QED) is 0.261. The molecule has 0 radical (unpaired) electrons. The third-order valence-electron chi connectivity index (χ3n) is 6.02. The van der Waals surface area contributed by atoms with Crippen LogP contribution in [-0.2, 0) is 25.8 Å². The second-order valence-corrected chi connectivity index (χ2v) is 8.92. The number of hydrogen-bond acceptors (Lipinski definition) is 5. The lowest BCUT2D eigenvalue weighted by Gasteiger charge is -2.22. The van der Waals surface area contributed by atoms with E-state index in [2.05, 4.69) is 10.3 Å². The molecule has 0 saturated heterocycles. The Labute approximate surface area is 219 Å². The van der Waals surface area contributed by atoms with Crippen LogP contribution in [0.1, 0.15) is 51.6 Å². The molecule has 0 aliphatic rings. The van der Waals surface area contributed by atoms with Gasteiger partial charge in [-0.1, -0.05) is 60.7 Å². The van der Waals surface area contributed by atoms with E-state index in [0.29, 0.717) is 17.9 Å². The van der Waals surface area contributed by atoms with Crippen molar-refractivity contribution in [2.24, 2.45) is 0 Å². The van der Waals surface area contributed by atoms with Crippen molar-refractivity contribution in [2.75, 3.05) is 7.11 Å². The highest BCUT2D eigenvalue weighted by atomic mass is 19.4. The van der Waals surface area contributed by atoms with Gasteiger partial charge >= 0.3 is 6.18 Å². The number of aromatic nitrogens is 1. The molecular formula is C29H28F3N3O3. The van der Waals surface area contributed by atoms with Crippen LogP contribution in [0.2, 0.25) is 0 Å². The Morgan fingerprint density at radius 1 is 0.974 bits per heavy atom. The molecule has 1 atom stereocenters. The first-order chi connectivity index (χ1) is 18.2. The van der Waals surface area contributed by atoms with Crippen LogP contribution in [0.4, 0.5) is 13.2 Å². The number of methoxy groups -OCH3 is 1. The molecule has 3 aromatic carbocycles. The second-order valence-electron chi connectivity index (χ2n) is 8.92. The highest BCUT2D eigenvalue weighted by Gasteiger charge is 2.30. The van der Waals surface area contributed by atoms with Gasteiger partial charge in [-0.2, -0.15) is 13.2 Å². The lowest BCUT2D eigenvalue weighted by atomic mass is 10.1. The molecule has 0 spiro atoms. The van der Waals surface area contributed by atoms with Crippen LogP contribution < -0.4 is 10.1 Å². The number of hydrogen-bond donors (Lipinski definition) is 1. The van der Waals surface area contributed by atoms with E-state index in [1.54, 1.807) is 13.2 Å². The highest BCUT2D eigenvalue weighted by molar-refractivity contribution is 5.92. The van der Waals surface area contributed by atoms with Gasteiger partial charge in [0.1, 0.15) is 12.0 Å². The Bertz CT molecular complexity index is 1340. The predicted octanol–water partition coefficient (Wildman–Crippen LogP) is 6.40. The molecular weight excluding hydrogens is 495 g/mol. The SMILES string of the molecule is COc1ccc(CN(Cc2cccc(C(F)(F)F)c2)Cc2nc(C(=O)N[C@H](C)c3ccccc3)co2)cc1. The Morgan fingerprint density at radius 3 is 2.37 bits per heavy atom. The number of halogens is 3. The minimum Gasteiger partial charge on any atom is -0.497 e. The maximum Gasteiger partial charge on any atom is 0.416 e. The number of nitrogens with one attached hydrogen (secondary N) is 1. The third kappa shape index (κ3) is 7.23. The van der Waals surface area contributed by atoms with Crippen LogP contribution in [0, 0.1) is 0 Å². The summed E-state index contributed by atoms with van der Waals surface area (Å²) in [7, 11) is 1.58. The molecule has 4 rings (SSSR count). The van der Waals surface area contributed by atoms with Crippen LogP contribution in [-0.4, -0.2) is 22.9 Å². The monoisotopic (exact) mass is 523 g/mol. The molecule has 0 unspecified atom stereocenters. The van der Waals surface area contributed by atoms with E-state index in [0.717, 1.165) is 23.3 Å². The molecule has 0 fully saturated rings. The number of benzene rings is 3. The van der Waals surface area contributed by atoms with Crippen molar-refractivity contribution < 1.29 is 27.1 Å². The van der Waals surface area contributed by atoms with Gasteiger partial charge in [-0.05, 0) is 41.8 Å². The molecule has 1 aromatic heterocycles. The molecule has 38 heavy (non-hydrogen) atoms. The minimum atomic E-state index is -4.43. The Hall–Kier alpha value is -4.11. The number of amides is 1. The van der Waals surface area contributed by atoms with Crippen molar-refractivity contribution in [2.45, 2.75) is 38.8 Å². The average Bonchev–Trinajstić information content (AvgIpc) is 3.38. The van der Waals surface area contributed by atoms with Gasteiger partial charge in [-0.3, -0.25) is 9.69 Å². The molecule has 9 heteroatoms. The summed E-state index contributed by atoms with van der Waals surface area (Å²) in [6.45, 7) is 2.68. The van der Waals surface area contributed by atoms with Crippen molar-refractivity contribution in [1.29, 1.82) is 0 Å². The first-order valence-corrected chi connectivity index (χ1v) is 12.0. The van der Waals surface area contributed by atoms with Crippen LogP contribution in [0.15, 0.2) is 89.5 Å². The summed E-state index contributed by atoms with van der Waals surface area (Å²) in [5.74, 6) is 0.602. The van der Waals surface area contributed by atoms with Gasteiger partial charge in [0.05, 0.1) is 25.3 Å². The van der Waals surface area contributed by atoms with E-state index in [-0.39, 0.29) is 36.6 Å². The van der Waals surface area contributed by atoms with Crippen LogP contribution in [0.3, 0.4) is 0 Å². The van der Waals surface area contributed by atoms with Crippen molar-refractivity contribution in [3.8, 4) is 5.75 Å². The Morgan fingerprint density at radius 2 is 1.68 bits per heavy atom. The first kappa shape index (κ1) is 26.9. The molecule has 1 amide bonds. The maximum absolute atomic E-state index is 13.3. The standard InChI is InChI=1S/C29H28F3N3O3/c1-20(23-8-4-3-5-9-23)33-28(36)26-19-38-27(34-26)18-35(16-21-11-13-25(37-2)14-12-21)17-22-7-6-10-24(15-22)29(30,31)32/h3-15,19-20H,16-18H2,1-2H3,(H,33,36)/t20-/m1/s1. The predicted molar refractivity (Wildman–Crippen MR) is 136 cm³/mol. The fourth-order valence-electron chi connectivity index (χ4n) is 4.04. The fourth-order valence-corrected chi connectivity index (χ4v) is 4.04. The number of carbonyl (C=O) groups is 1.